The van der Waals surface area contributed by atoms with Gasteiger partial charge in [-0.05, 0) is 48.7 Å². The third-order valence-electron chi connectivity index (χ3n) is 4.76. The van der Waals surface area contributed by atoms with Gasteiger partial charge in [0.1, 0.15) is 24.0 Å². The molecule has 7 heteroatoms. The molecular formula is C22H20F2N4O. The normalized spacial score (nSPS) is 12.3. The quantitative estimate of drug-likeness (QED) is 0.515. The predicted octanol–water partition coefficient (Wildman–Crippen LogP) is 4.16. The zero-order valence-corrected chi connectivity index (χ0v) is 15.8. The Morgan fingerprint density at radius 3 is 2.76 bits per heavy atom. The number of H-pyrrole nitrogens is 1. The van der Waals surface area contributed by atoms with Crippen molar-refractivity contribution in [2.24, 2.45) is 5.73 Å². The van der Waals surface area contributed by atoms with Crippen molar-refractivity contribution >= 4 is 10.9 Å². The van der Waals surface area contributed by atoms with Crippen molar-refractivity contribution in [3.05, 3.63) is 77.8 Å². The van der Waals surface area contributed by atoms with Gasteiger partial charge in [0, 0.05) is 29.3 Å². The number of ether oxygens (including phenoxy) is 1. The zero-order chi connectivity index (χ0) is 20.4. The van der Waals surface area contributed by atoms with E-state index in [1.54, 1.807) is 12.4 Å². The summed E-state index contributed by atoms with van der Waals surface area (Å²) in [6, 6.07) is 10.9. The van der Waals surface area contributed by atoms with Gasteiger partial charge >= 0.3 is 0 Å². The van der Waals surface area contributed by atoms with Gasteiger partial charge in [0.15, 0.2) is 0 Å². The lowest BCUT2D eigenvalue weighted by atomic mass is 10.0. The van der Waals surface area contributed by atoms with Gasteiger partial charge in [0.05, 0.1) is 17.4 Å². The van der Waals surface area contributed by atoms with Crippen molar-refractivity contribution in [1.29, 1.82) is 0 Å². The number of hydrogen-bond donors (Lipinski definition) is 2. The minimum Gasteiger partial charge on any atom is -0.490 e. The molecule has 148 valence electrons. The van der Waals surface area contributed by atoms with Crippen LogP contribution in [0.3, 0.4) is 0 Å². The maximum Gasteiger partial charge on any atom is 0.138 e. The summed E-state index contributed by atoms with van der Waals surface area (Å²) in [5.41, 5.74) is 10.2. The third kappa shape index (κ3) is 4.25. The summed E-state index contributed by atoms with van der Waals surface area (Å²) in [6.45, 7) is 2.13. The van der Waals surface area contributed by atoms with Crippen LogP contribution >= 0.6 is 0 Å². The molecule has 0 aliphatic rings. The summed E-state index contributed by atoms with van der Waals surface area (Å²) in [4.78, 5) is 4.25. The SMILES string of the molecule is Cc1n[nH]c2ccc(-c3cncc(OC[C@@H](N)Cc4ccc(F)cc4F)c3)cc12. The number of aromatic amines is 1. The van der Waals surface area contributed by atoms with Crippen LogP contribution in [-0.4, -0.2) is 27.8 Å². The molecule has 4 rings (SSSR count). The minimum atomic E-state index is -0.609. The number of nitrogens with zero attached hydrogens (tertiary/aromatic N) is 2. The number of rotatable bonds is 6. The Kier molecular flexibility index (Phi) is 5.22. The molecule has 0 amide bonds. The van der Waals surface area contributed by atoms with Crippen molar-refractivity contribution in [3.8, 4) is 16.9 Å². The monoisotopic (exact) mass is 394 g/mol. The number of nitrogens with one attached hydrogen (secondary N) is 1. The highest BCUT2D eigenvalue weighted by atomic mass is 19.1. The molecule has 2 aromatic heterocycles. The summed E-state index contributed by atoms with van der Waals surface area (Å²) < 4.78 is 32.6. The molecule has 0 fully saturated rings. The van der Waals surface area contributed by atoms with Crippen LogP contribution in [0.5, 0.6) is 5.75 Å². The number of nitrogens with two attached hydrogens (primary N) is 1. The third-order valence-corrected chi connectivity index (χ3v) is 4.76. The highest BCUT2D eigenvalue weighted by molar-refractivity contribution is 5.86. The molecule has 4 aromatic rings. The molecule has 2 aromatic carbocycles. The fraction of sp³-hybridized carbons (Fsp3) is 0.182. The Morgan fingerprint density at radius 2 is 1.93 bits per heavy atom. The van der Waals surface area contributed by atoms with Crippen LogP contribution in [0.15, 0.2) is 54.9 Å². The molecule has 1 atom stereocenters. The van der Waals surface area contributed by atoms with Crippen molar-refractivity contribution in [2.45, 2.75) is 19.4 Å². The van der Waals surface area contributed by atoms with E-state index in [1.165, 1.54) is 12.1 Å². The fourth-order valence-electron chi connectivity index (χ4n) is 3.21. The topological polar surface area (TPSA) is 76.8 Å². The largest absolute Gasteiger partial charge is 0.490 e. The van der Waals surface area contributed by atoms with E-state index in [1.807, 2.05) is 25.1 Å². The Bertz CT molecular complexity index is 1160. The number of pyridine rings is 1. The van der Waals surface area contributed by atoms with E-state index in [2.05, 4.69) is 21.2 Å². The number of benzene rings is 2. The Hall–Kier alpha value is -3.32. The van der Waals surface area contributed by atoms with Gasteiger partial charge in [-0.3, -0.25) is 10.1 Å². The smallest absolute Gasteiger partial charge is 0.138 e. The molecule has 0 saturated heterocycles. The number of aromatic nitrogens is 3. The van der Waals surface area contributed by atoms with Crippen LogP contribution in [0, 0.1) is 18.6 Å². The second-order valence-corrected chi connectivity index (χ2v) is 6.99. The molecular weight excluding hydrogens is 374 g/mol. The van der Waals surface area contributed by atoms with Crippen molar-refractivity contribution in [1.82, 2.24) is 15.2 Å². The van der Waals surface area contributed by atoms with Gasteiger partial charge in [0.25, 0.3) is 0 Å². The van der Waals surface area contributed by atoms with E-state index < -0.39 is 17.7 Å². The number of hydrogen-bond acceptors (Lipinski definition) is 4. The first kappa shape index (κ1) is 19.0. The van der Waals surface area contributed by atoms with E-state index in [0.717, 1.165) is 33.8 Å². The second kappa shape index (κ2) is 7.97. The predicted molar refractivity (Wildman–Crippen MR) is 108 cm³/mol. The molecule has 0 radical (unpaired) electrons. The lowest BCUT2D eigenvalue weighted by Crippen LogP contribution is -2.30. The maximum absolute atomic E-state index is 13.8. The van der Waals surface area contributed by atoms with Gasteiger partial charge in [-0.2, -0.15) is 5.10 Å². The van der Waals surface area contributed by atoms with Gasteiger partial charge in [-0.1, -0.05) is 12.1 Å². The summed E-state index contributed by atoms with van der Waals surface area (Å²) in [7, 11) is 0. The maximum atomic E-state index is 13.8. The first-order valence-corrected chi connectivity index (χ1v) is 9.22. The van der Waals surface area contributed by atoms with Crippen LogP contribution in [0.4, 0.5) is 8.78 Å². The summed E-state index contributed by atoms with van der Waals surface area (Å²) in [5, 5.41) is 8.25. The highest BCUT2D eigenvalue weighted by Crippen LogP contribution is 2.27. The zero-order valence-electron chi connectivity index (χ0n) is 15.8. The fourth-order valence-corrected chi connectivity index (χ4v) is 3.21. The first-order chi connectivity index (χ1) is 14.0. The second-order valence-electron chi connectivity index (χ2n) is 6.99. The summed E-state index contributed by atoms with van der Waals surface area (Å²) in [5.74, 6) is -0.640. The number of fused-ring (bicyclic) bond motifs is 1. The molecule has 5 nitrogen and oxygen atoms in total. The average Bonchev–Trinajstić information content (AvgIpc) is 3.09. The summed E-state index contributed by atoms with van der Waals surface area (Å²) >= 11 is 0. The molecule has 29 heavy (non-hydrogen) atoms. The van der Waals surface area contributed by atoms with E-state index in [-0.39, 0.29) is 13.0 Å². The summed E-state index contributed by atoms with van der Waals surface area (Å²) in [6.07, 6.45) is 3.61. The van der Waals surface area contributed by atoms with Crippen LogP contribution < -0.4 is 10.5 Å². The van der Waals surface area contributed by atoms with Crippen LogP contribution in [0.25, 0.3) is 22.0 Å². The molecule has 0 unspecified atom stereocenters. The standard InChI is InChI=1S/C22H20F2N4O/c1-13-20-8-14(3-5-22(20)28-27-13)16-7-19(11-26-10-16)29-12-18(25)6-15-2-4-17(23)9-21(15)24/h2-5,7-11,18H,6,12,25H2,1H3,(H,27,28)/t18-/m0/s1. The van der Waals surface area contributed by atoms with Crippen molar-refractivity contribution in [2.75, 3.05) is 6.61 Å². The molecule has 0 saturated carbocycles. The van der Waals surface area contributed by atoms with E-state index in [4.69, 9.17) is 10.5 Å². The molecule has 0 aliphatic heterocycles. The van der Waals surface area contributed by atoms with Crippen molar-refractivity contribution in [3.63, 3.8) is 0 Å². The molecule has 2 heterocycles. The van der Waals surface area contributed by atoms with Gasteiger partial charge in [0.2, 0.25) is 0 Å². The lowest BCUT2D eigenvalue weighted by Gasteiger charge is -2.14. The lowest BCUT2D eigenvalue weighted by molar-refractivity contribution is 0.286. The Labute approximate surface area is 166 Å². The first-order valence-electron chi connectivity index (χ1n) is 9.22. The Morgan fingerprint density at radius 1 is 1.07 bits per heavy atom. The van der Waals surface area contributed by atoms with E-state index >= 15 is 0 Å². The molecule has 3 N–H and O–H groups in total. The number of aryl methyl sites for hydroxylation is 1. The van der Waals surface area contributed by atoms with Crippen LogP contribution in [-0.2, 0) is 6.42 Å². The highest BCUT2D eigenvalue weighted by Gasteiger charge is 2.11. The number of halogens is 2. The minimum absolute atomic E-state index is 0.182. The van der Waals surface area contributed by atoms with Crippen LogP contribution in [0.1, 0.15) is 11.3 Å². The van der Waals surface area contributed by atoms with E-state index in [0.29, 0.717) is 11.3 Å². The van der Waals surface area contributed by atoms with Gasteiger partial charge < -0.3 is 10.5 Å². The van der Waals surface area contributed by atoms with Gasteiger partial charge in [-0.25, -0.2) is 8.78 Å². The Balaban J connectivity index is 1.45. The van der Waals surface area contributed by atoms with Gasteiger partial charge in [-0.15, -0.1) is 0 Å². The molecule has 0 spiro atoms. The van der Waals surface area contributed by atoms with Crippen molar-refractivity contribution < 1.29 is 13.5 Å². The average molecular weight is 394 g/mol. The van der Waals surface area contributed by atoms with Crippen LogP contribution in [0.2, 0.25) is 0 Å². The molecule has 0 aliphatic carbocycles. The van der Waals surface area contributed by atoms with E-state index in [9.17, 15) is 8.78 Å². The molecule has 0 bridgehead atoms.